The van der Waals surface area contributed by atoms with Crippen LogP contribution in [-0.4, -0.2) is 96.7 Å². The fraction of sp³-hybridized carbons (Fsp3) is 0.881. The van der Waals surface area contributed by atoms with Crippen LogP contribution in [-0.2, 0) is 65.4 Å². The minimum atomic E-state index is -4.95. The van der Waals surface area contributed by atoms with Gasteiger partial charge in [0, 0.05) is 25.7 Å². The number of hydrogen-bond donors (Lipinski definition) is 3. The molecule has 0 radical (unpaired) electrons. The number of unbranched alkanes of at least 4 members (excludes halogenated alkanes) is 33. The monoisotopic (exact) mass is 1260 g/mol. The molecule has 17 nitrogen and oxygen atoms in total. The van der Waals surface area contributed by atoms with E-state index in [4.69, 9.17) is 37.0 Å². The van der Waals surface area contributed by atoms with Gasteiger partial charge in [0.05, 0.1) is 26.4 Å². The van der Waals surface area contributed by atoms with Gasteiger partial charge in [-0.3, -0.25) is 37.3 Å². The summed E-state index contributed by atoms with van der Waals surface area (Å²) >= 11 is 0. The first kappa shape index (κ1) is 83.5. The van der Waals surface area contributed by atoms with E-state index in [1.807, 2.05) is 0 Å². The number of carbonyl (C=O) groups is 4. The molecule has 0 aromatic heterocycles. The standard InChI is InChI=1S/C67H126O17P2/c1-6-10-13-16-18-20-21-22-23-27-30-33-37-41-46-51-65(70)78-57-63(84-67(72)53-48-43-38-34-31-28-25-24-26-29-32-35-40-44-49-60(5)9-4)59-82-86(75,76)80-55-61(68)54-79-85(73,74)81-58-62(56-77-64(69)50-45-39-15-12-8-3)83-66(71)52-47-42-36-19-17-14-11-7-2/h20-23,60-63,68H,6-19,24-59H2,1-5H3,(H,73,74)(H,75,76)/b21-20-,23-22-/t60?,61-,62+,63+/m0/s1. The molecule has 0 aliphatic heterocycles. The van der Waals surface area contributed by atoms with Gasteiger partial charge in [0.1, 0.15) is 19.3 Å². The molecule has 0 saturated carbocycles. The number of ether oxygens (including phenoxy) is 4. The van der Waals surface area contributed by atoms with E-state index < -0.39 is 97.5 Å². The van der Waals surface area contributed by atoms with Gasteiger partial charge < -0.3 is 33.8 Å². The lowest BCUT2D eigenvalue weighted by molar-refractivity contribution is -0.161. The van der Waals surface area contributed by atoms with Crippen LogP contribution in [0.5, 0.6) is 0 Å². The molecule has 0 aromatic carbocycles. The Morgan fingerprint density at radius 1 is 0.372 bits per heavy atom. The van der Waals surface area contributed by atoms with Crippen LogP contribution in [0.1, 0.15) is 317 Å². The van der Waals surface area contributed by atoms with Crippen molar-refractivity contribution in [1.29, 1.82) is 0 Å². The summed E-state index contributed by atoms with van der Waals surface area (Å²) in [6.45, 7) is 7.09. The van der Waals surface area contributed by atoms with E-state index in [2.05, 4.69) is 58.9 Å². The molecular formula is C67H126O17P2. The van der Waals surface area contributed by atoms with E-state index in [0.717, 1.165) is 128 Å². The maximum absolute atomic E-state index is 13.0. The summed E-state index contributed by atoms with van der Waals surface area (Å²) in [6.07, 6.45) is 48.4. The van der Waals surface area contributed by atoms with Crippen LogP contribution < -0.4 is 0 Å². The van der Waals surface area contributed by atoms with Crippen LogP contribution in [0.15, 0.2) is 24.3 Å². The van der Waals surface area contributed by atoms with Crippen molar-refractivity contribution in [2.75, 3.05) is 39.6 Å². The first-order chi connectivity index (χ1) is 41.6. The lowest BCUT2D eigenvalue weighted by atomic mass is 9.99. The summed E-state index contributed by atoms with van der Waals surface area (Å²) in [5.74, 6) is -1.33. The smallest absolute Gasteiger partial charge is 0.462 e. The zero-order valence-electron chi connectivity index (χ0n) is 54.9. The van der Waals surface area contributed by atoms with E-state index in [0.29, 0.717) is 25.7 Å². The number of hydrogen-bond acceptors (Lipinski definition) is 15. The van der Waals surface area contributed by atoms with Crippen molar-refractivity contribution in [2.24, 2.45) is 5.92 Å². The molecule has 0 aromatic rings. The molecule has 0 rings (SSSR count). The largest absolute Gasteiger partial charge is 0.472 e. The molecule has 0 saturated heterocycles. The molecule has 0 spiro atoms. The lowest BCUT2D eigenvalue weighted by Gasteiger charge is -2.21. The van der Waals surface area contributed by atoms with Crippen LogP contribution in [0.3, 0.4) is 0 Å². The van der Waals surface area contributed by atoms with Crippen molar-refractivity contribution < 1.29 is 80.2 Å². The predicted molar refractivity (Wildman–Crippen MR) is 344 cm³/mol. The zero-order chi connectivity index (χ0) is 63.5. The third-order valence-corrected chi connectivity index (χ3v) is 17.2. The Kier molecular flexibility index (Phi) is 58.4. The highest BCUT2D eigenvalue weighted by Crippen LogP contribution is 2.45. The number of aliphatic hydroxyl groups is 1. The van der Waals surface area contributed by atoms with Gasteiger partial charge in [-0.05, 0) is 57.3 Å². The summed E-state index contributed by atoms with van der Waals surface area (Å²) in [6, 6.07) is 0. The fourth-order valence-corrected chi connectivity index (χ4v) is 11.1. The van der Waals surface area contributed by atoms with E-state index >= 15 is 0 Å². The summed E-state index contributed by atoms with van der Waals surface area (Å²) in [4.78, 5) is 72.0. The Morgan fingerprint density at radius 2 is 0.651 bits per heavy atom. The molecule has 0 aliphatic rings. The van der Waals surface area contributed by atoms with Gasteiger partial charge >= 0.3 is 39.5 Å². The Bertz CT molecular complexity index is 1760. The molecule has 0 bridgehead atoms. The topological polar surface area (TPSA) is 237 Å². The molecule has 86 heavy (non-hydrogen) atoms. The average Bonchev–Trinajstić information content (AvgIpc) is 3.51. The normalized spacial score (nSPS) is 14.7. The number of esters is 4. The number of phosphoric ester groups is 2. The number of allylic oxidation sites excluding steroid dienone is 4. The summed E-state index contributed by atoms with van der Waals surface area (Å²) < 4.78 is 67.8. The van der Waals surface area contributed by atoms with Crippen molar-refractivity contribution in [2.45, 2.75) is 335 Å². The molecule has 19 heteroatoms. The summed E-state index contributed by atoms with van der Waals surface area (Å²) in [5.41, 5.74) is 0. The van der Waals surface area contributed by atoms with Gasteiger partial charge in [-0.2, -0.15) is 0 Å². The van der Waals surface area contributed by atoms with Gasteiger partial charge in [0.2, 0.25) is 0 Å². The molecule has 3 N–H and O–H groups in total. The quantitative estimate of drug-likeness (QED) is 0.0169. The van der Waals surface area contributed by atoms with E-state index in [-0.39, 0.29) is 25.7 Å². The second kappa shape index (κ2) is 60.1. The highest BCUT2D eigenvalue weighted by molar-refractivity contribution is 7.47. The molecule has 0 amide bonds. The molecule has 6 atom stereocenters. The lowest BCUT2D eigenvalue weighted by Crippen LogP contribution is -2.30. The van der Waals surface area contributed by atoms with Gasteiger partial charge in [-0.1, -0.05) is 264 Å². The molecule has 3 unspecified atom stereocenters. The van der Waals surface area contributed by atoms with Crippen LogP contribution in [0.2, 0.25) is 0 Å². The Morgan fingerprint density at radius 3 is 0.988 bits per heavy atom. The van der Waals surface area contributed by atoms with Crippen LogP contribution >= 0.6 is 15.6 Å². The van der Waals surface area contributed by atoms with Crippen molar-refractivity contribution in [3.05, 3.63) is 24.3 Å². The Balaban J connectivity index is 5.18. The highest BCUT2D eigenvalue weighted by Gasteiger charge is 2.30. The first-order valence-corrected chi connectivity index (χ1v) is 37.5. The van der Waals surface area contributed by atoms with Crippen molar-refractivity contribution in [3.8, 4) is 0 Å². The minimum Gasteiger partial charge on any atom is -0.462 e. The van der Waals surface area contributed by atoms with Crippen LogP contribution in [0.25, 0.3) is 0 Å². The second-order valence-corrected chi connectivity index (χ2v) is 26.7. The van der Waals surface area contributed by atoms with Gasteiger partial charge in [-0.15, -0.1) is 0 Å². The third-order valence-electron chi connectivity index (χ3n) is 15.3. The number of carbonyl (C=O) groups excluding carboxylic acids is 4. The van der Waals surface area contributed by atoms with Crippen LogP contribution in [0, 0.1) is 5.92 Å². The molecule has 506 valence electrons. The Labute approximate surface area is 522 Å². The molecule has 0 aliphatic carbocycles. The third kappa shape index (κ3) is 59.2. The van der Waals surface area contributed by atoms with Gasteiger partial charge in [-0.25, -0.2) is 9.13 Å². The van der Waals surface area contributed by atoms with E-state index in [1.54, 1.807) is 0 Å². The van der Waals surface area contributed by atoms with E-state index in [9.17, 15) is 43.2 Å². The highest BCUT2D eigenvalue weighted by atomic mass is 31.2. The van der Waals surface area contributed by atoms with Gasteiger partial charge in [0.15, 0.2) is 12.2 Å². The average molecular weight is 1270 g/mol. The number of aliphatic hydroxyl groups excluding tert-OH is 1. The first-order valence-electron chi connectivity index (χ1n) is 34.5. The zero-order valence-corrected chi connectivity index (χ0v) is 56.7. The molecule has 0 heterocycles. The summed E-state index contributed by atoms with van der Waals surface area (Å²) in [5, 5.41) is 10.5. The van der Waals surface area contributed by atoms with Crippen molar-refractivity contribution >= 4 is 39.5 Å². The Hall–Kier alpha value is -2.46. The van der Waals surface area contributed by atoms with Crippen molar-refractivity contribution in [1.82, 2.24) is 0 Å². The van der Waals surface area contributed by atoms with Gasteiger partial charge in [0.25, 0.3) is 0 Å². The van der Waals surface area contributed by atoms with Crippen LogP contribution in [0.4, 0.5) is 0 Å². The SMILES string of the molecule is CCCCCC/C=C\C=C/CCCCCCCC(=O)OC[C@H](COP(=O)(O)OC[C@@H](O)COP(=O)(O)OC[C@@H](COC(=O)CCCCCCC)OC(=O)CCCCCCCCCC)OC(=O)CCCCCCCCCCCCCCCCC(C)CC. The maximum Gasteiger partial charge on any atom is 0.472 e. The van der Waals surface area contributed by atoms with Crippen molar-refractivity contribution in [3.63, 3.8) is 0 Å². The summed E-state index contributed by atoms with van der Waals surface area (Å²) in [7, 11) is -9.89. The predicted octanol–water partition coefficient (Wildman–Crippen LogP) is 18.5. The number of rotatable bonds is 65. The molecule has 0 fully saturated rings. The minimum absolute atomic E-state index is 0.101. The number of phosphoric acid groups is 2. The van der Waals surface area contributed by atoms with E-state index in [1.165, 1.54) is 109 Å². The molecular weight excluding hydrogens is 1140 g/mol. The maximum atomic E-state index is 13.0. The fourth-order valence-electron chi connectivity index (χ4n) is 9.54. The second-order valence-electron chi connectivity index (χ2n) is 23.8.